The van der Waals surface area contributed by atoms with Crippen LogP contribution in [0, 0.1) is 0 Å². The van der Waals surface area contributed by atoms with Gasteiger partial charge in [0, 0.05) is 19.6 Å². The summed E-state index contributed by atoms with van der Waals surface area (Å²) in [5.41, 5.74) is 0.565. The molecular weight excluding hydrogens is 222 g/mol. The summed E-state index contributed by atoms with van der Waals surface area (Å²) in [7, 11) is 0. The Hall–Kier alpha value is -1.07. The van der Waals surface area contributed by atoms with E-state index in [0.717, 1.165) is 13.1 Å². The Bertz CT molecular complexity index is 259. The molecular formula is C12H21NO4. The fourth-order valence-corrected chi connectivity index (χ4v) is 1.56. The molecule has 0 aromatic heterocycles. The van der Waals surface area contributed by atoms with Gasteiger partial charge in [0.1, 0.15) is 0 Å². The van der Waals surface area contributed by atoms with Gasteiger partial charge in [0.25, 0.3) is 0 Å². The highest BCUT2D eigenvalue weighted by Gasteiger charge is 2.17. The number of hydrogen-bond acceptors (Lipinski definition) is 5. The lowest BCUT2D eigenvalue weighted by atomic mass is 10.2. The van der Waals surface area contributed by atoms with E-state index in [-0.39, 0.29) is 5.97 Å². The van der Waals surface area contributed by atoms with E-state index in [1.165, 1.54) is 6.26 Å². The van der Waals surface area contributed by atoms with Crippen LogP contribution in [0.25, 0.3) is 0 Å². The molecule has 0 spiro atoms. The fraction of sp³-hybridized carbons (Fsp3) is 0.750. The maximum absolute atomic E-state index is 11.7. The molecule has 0 aliphatic carbocycles. The fourth-order valence-electron chi connectivity index (χ4n) is 1.56. The first-order valence-electron chi connectivity index (χ1n) is 6.05. The van der Waals surface area contributed by atoms with Gasteiger partial charge < -0.3 is 14.2 Å². The van der Waals surface area contributed by atoms with Gasteiger partial charge in [-0.05, 0) is 13.8 Å². The molecule has 1 rings (SSSR count). The molecule has 1 heterocycles. The number of hydrogen-bond donors (Lipinski definition) is 0. The van der Waals surface area contributed by atoms with Gasteiger partial charge in [0.15, 0.2) is 0 Å². The number of esters is 1. The van der Waals surface area contributed by atoms with E-state index < -0.39 is 0 Å². The number of rotatable bonds is 6. The topological polar surface area (TPSA) is 48.0 Å². The van der Waals surface area contributed by atoms with Crippen molar-refractivity contribution >= 4 is 5.97 Å². The summed E-state index contributed by atoms with van der Waals surface area (Å²) in [6, 6.07) is 0. The largest absolute Gasteiger partial charge is 0.501 e. The van der Waals surface area contributed by atoms with Crippen molar-refractivity contribution in [3.8, 4) is 0 Å². The van der Waals surface area contributed by atoms with Gasteiger partial charge >= 0.3 is 5.97 Å². The highest BCUT2D eigenvalue weighted by Crippen LogP contribution is 2.06. The minimum Gasteiger partial charge on any atom is -0.501 e. The maximum Gasteiger partial charge on any atom is 0.338 e. The molecule has 17 heavy (non-hydrogen) atoms. The van der Waals surface area contributed by atoms with E-state index >= 15 is 0 Å². The third kappa shape index (κ3) is 5.19. The number of morpholine rings is 1. The molecule has 1 fully saturated rings. The van der Waals surface area contributed by atoms with Crippen LogP contribution >= 0.6 is 0 Å². The molecule has 1 saturated heterocycles. The summed E-state index contributed by atoms with van der Waals surface area (Å²) in [6.07, 6.45) is 1.51. The first kappa shape index (κ1) is 14.0. The number of nitrogens with zero attached hydrogens (tertiary/aromatic N) is 1. The molecule has 0 unspecified atom stereocenters. The smallest absolute Gasteiger partial charge is 0.338 e. The average molecular weight is 243 g/mol. The summed E-state index contributed by atoms with van der Waals surface area (Å²) in [5, 5.41) is 0. The van der Waals surface area contributed by atoms with Crippen LogP contribution in [0.3, 0.4) is 0 Å². The number of carbonyl (C=O) groups excluding carboxylic acids is 1. The van der Waals surface area contributed by atoms with Crippen molar-refractivity contribution in [2.75, 3.05) is 46.1 Å². The Morgan fingerprint density at radius 1 is 1.29 bits per heavy atom. The third-order valence-electron chi connectivity index (χ3n) is 2.43. The molecule has 98 valence electrons. The van der Waals surface area contributed by atoms with Crippen molar-refractivity contribution in [2.45, 2.75) is 13.8 Å². The standard InChI is InChI=1S/C12H21NO4/c1-3-15-10-11(12(14)17-4-2)9-13-5-7-16-8-6-13/h10H,3-9H2,1-2H3. The quantitative estimate of drug-likeness (QED) is 0.392. The normalized spacial score (nSPS) is 17.9. The summed E-state index contributed by atoms with van der Waals surface area (Å²) >= 11 is 0. The molecule has 0 N–H and O–H groups in total. The first-order chi connectivity index (χ1) is 8.27. The second kappa shape index (κ2) is 8.08. The Labute approximate surface area is 102 Å². The molecule has 5 heteroatoms. The number of ether oxygens (including phenoxy) is 3. The second-order valence-electron chi connectivity index (χ2n) is 3.71. The van der Waals surface area contributed by atoms with E-state index in [0.29, 0.717) is 38.5 Å². The van der Waals surface area contributed by atoms with Gasteiger partial charge in [-0.15, -0.1) is 0 Å². The monoisotopic (exact) mass is 243 g/mol. The van der Waals surface area contributed by atoms with Crippen LogP contribution in [0.1, 0.15) is 13.8 Å². The molecule has 0 amide bonds. The van der Waals surface area contributed by atoms with Crippen molar-refractivity contribution in [3.05, 3.63) is 11.8 Å². The van der Waals surface area contributed by atoms with E-state index in [4.69, 9.17) is 14.2 Å². The minimum atomic E-state index is -0.299. The van der Waals surface area contributed by atoms with Crippen LogP contribution in [0.2, 0.25) is 0 Å². The van der Waals surface area contributed by atoms with E-state index in [9.17, 15) is 4.79 Å². The van der Waals surface area contributed by atoms with Gasteiger partial charge in [-0.25, -0.2) is 4.79 Å². The Morgan fingerprint density at radius 2 is 2.00 bits per heavy atom. The van der Waals surface area contributed by atoms with Gasteiger partial charge in [-0.1, -0.05) is 0 Å². The van der Waals surface area contributed by atoms with E-state index in [2.05, 4.69) is 4.90 Å². The zero-order chi connectivity index (χ0) is 12.5. The molecule has 1 aliphatic rings. The van der Waals surface area contributed by atoms with Gasteiger partial charge in [-0.2, -0.15) is 0 Å². The molecule has 1 aliphatic heterocycles. The van der Waals surface area contributed by atoms with Crippen molar-refractivity contribution in [2.24, 2.45) is 0 Å². The average Bonchev–Trinajstić information content (AvgIpc) is 2.36. The Morgan fingerprint density at radius 3 is 2.59 bits per heavy atom. The van der Waals surface area contributed by atoms with Crippen molar-refractivity contribution in [1.82, 2.24) is 4.90 Å². The Balaban J connectivity index is 2.52. The minimum absolute atomic E-state index is 0.299. The lowest BCUT2D eigenvalue weighted by Crippen LogP contribution is -2.38. The number of carbonyl (C=O) groups is 1. The van der Waals surface area contributed by atoms with Crippen LogP contribution < -0.4 is 0 Å². The molecule has 5 nitrogen and oxygen atoms in total. The van der Waals surface area contributed by atoms with Crippen LogP contribution in [-0.2, 0) is 19.0 Å². The van der Waals surface area contributed by atoms with Crippen LogP contribution in [0.4, 0.5) is 0 Å². The predicted octanol–water partition coefficient (Wildman–Crippen LogP) is 0.802. The molecule has 0 bridgehead atoms. The predicted molar refractivity (Wildman–Crippen MR) is 63.6 cm³/mol. The highest BCUT2D eigenvalue weighted by molar-refractivity contribution is 5.88. The molecule has 0 aromatic carbocycles. The zero-order valence-corrected chi connectivity index (χ0v) is 10.6. The van der Waals surface area contributed by atoms with Gasteiger partial charge in [0.2, 0.25) is 0 Å². The van der Waals surface area contributed by atoms with Crippen LogP contribution in [0.5, 0.6) is 0 Å². The van der Waals surface area contributed by atoms with E-state index in [1.54, 1.807) is 6.92 Å². The molecule has 0 saturated carbocycles. The first-order valence-corrected chi connectivity index (χ1v) is 6.05. The van der Waals surface area contributed by atoms with Crippen LogP contribution in [0.15, 0.2) is 11.8 Å². The van der Waals surface area contributed by atoms with Crippen molar-refractivity contribution in [1.29, 1.82) is 0 Å². The van der Waals surface area contributed by atoms with Gasteiger partial charge in [-0.3, -0.25) is 4.90 Å². The SMILES string of the molecule is CCOC=C(CN1CCOCC1)C(=O)OCC. The van der Waals surface area contributed by atoms with Crippen molar-refractivity contribution < 1.29 is 19.0 Å². The lowest BCUT2D eigenvalue weighted by Gasteiger charge is -2.26. The van der Waals surface area contributed by atoms with Crippen molar-refractivity contribution in [3.63, 3.8) is 0 Å². The molecule has 0 atom stereocenters. The van der Waals surface area contributed by atoms with Crippen LogP contribution in [-0.4, -0.2) is 56.9 Å². The molecule has 0 radical (unpaired) electrons. The summed E-state index contributed by atoms with van der Waals surface area (Å²) in [4.78, 5) is 13.9. The summed E-state index contributed by atoms with van der Waals surface area (Å²) in [5.74, 6) is -0.299. The zero-order valence-electron chi connectivity index (χ0n) is 10.6. The summed E-state index contributed by atoms with van der Waals surface area (Å²) in [6.45, 7) is 8.26. The van der Waals surface area contributed by atoms with Gasteiger partial charge in [0.05, 0.1) is 38.3 Å². The maximum atomic E-state index is 11.7. The Kier molecular flexibility index (Phi) is 6.65. The second-order valence-corrected chi connectivity index (χ2v) is 3.71. The summed E-state index contributed by atoms with van der Waals surface area (Å²) < 4.78 is 15.4. The van der Waals surface area contributed by atoms with E-state index in [1.807, 2.05) is 6.92 Å². The third-order valence-corrected chi connectivity index (χ3v) is 2.43. The molecule has 0 aromatic rings. The lowest BCUT2D eigenvalue weighted by molar-refractivity contribution is -0.139. The highest BCUT2D eigenvalue weighted by atomic mass is 16.5.